The lowest BCUT2D eigenvalue weighted by molar-refractivity contribution is 0.0951. The first-order valence-electron chi connectivity index (χ1n) is 8.90. The van der Waals surface area contributed by atoms with Crippen LogP contribution in [0.5, 0.6) is 11.6 Å². The molecule has 0 atom stereocenters. The number of nitrogens with zero attached hydrogens (tertiary/aromatic N) is 1. The molecule has 0 aliphatic heterocycles. The Morgan fingerprint density at radius 1 is 1.07 bits per heavy atom. The minimum Gasteiger partial charge on any atom is -0.439 e. The van der Waals surface area contributed by atoms with Gasteiger partial charge in [-0.05, 0) is 47.3 Å². The van der Waals surface area contributed by atoms with Gasteiger partial charge < -0.3 is 15.8 Å². The van der Waals surface area contributed by atoms with Crippen molar-refractivity contribution in [3.05, 3.63) is 88.9 Å². The maximum atomic E-state index is 12.5. The van der Waals surface area contributed by atoms with E-state index in [1.54, 1.807) is 47.9 Å². The quantitative estimate of drug-likeness (QED) is 0.460. The van der Waals surface area contributed by atoms with E-state index in [2.05, 4.69) is 28.5 Å². The molecule has 4 aromatic rings. The molecule has 2 aromatic carbocycles. The number of hydrogen-bond donors (Lipinski definition) is 2. The Balaban J connectivity index is 0.00000240. The largest absolute Gasteiger partial charge is 0.439 e. The topological polar surface area (TPSA) is 77.2 Å². The number of pyridine rings is 1. The molecular weight excluding hydrogens is 406 g/mol. The van der Waals surface area contributed by atoms with Crippen molar-refractivity contribution in [2.45, 2.75) is 13.1 Å². The van der Waals surface area contributed by atoms with Crippen LogP contribution >= 0.6 is 23.7 Å². The third-order valence-electron chi connectivity index (χ3n) is 4.25. The minimum atomic E-state index is -0.147. The van der Waals surface area contributed by atoms with E-state index in [0.717, 1.165) is 10.4 Å². The molecule has 148 valence electrons. The average molecular weight is 426 g/mol. The van der Waals surface area contributed by atoms with E-state index in [4.69, 9.17) is 10.5 Å². The molecule has 0 fully saturated rings. The third-order valence-corrected chi connectivity index (χ3v) is 5.37. The molecule has 0 aliphatic carbocycles. The molecule has 1 amide bonds. The van der Waals surface area contributed by atoms with Crippen LogP contribution in [0.2, 0.25) is 0 Å². The van der Waals surface area contributed by atoms with Crippen LogP contribution in [0.25, 0.3) is 10.1 Å². The fraction of sp³-hybridized carbons (Fsp3) is 0.0909. The second-order valence-electron chi connectivity index (χ2n) is 6.27. The number of benzene rings is 2. The Hall–Kier alpha value is -2.93. The van der Waals surface area contributed by atoms with Crippen molar-refractivity contribution in [2.75, 3.05) is 0 Å². The number of carbonyl (C=O) groups excluding carboxylic acids is 1. The lowest BCUT2D eigenvalue weighted by Gasteiger charge is -2.08. The minimum absolute atomic E-state index is 0. The summed E-state index contributed by atoms with van der Waals surface area (Å²) in [5, 5.41) is 4.16. The molecule has 0 unspecified atom stereocenters. The normalized spacial score (nSPS) is 10.4. The van der Waals surface area contributed by atoms with Gasteiger partial charge in [-0.1, -0.05) is 24.3 Å². The number of amides is 1. The number of ether oxygens (including phenoxy) is 1. The molecule has 0 saturated carbocycles. The number of carbonyl (C=O) groups is 1. The summed E-state index contributed by atoms with van der Waals surface area (Å²) >= 11 is 1.68. The maximum absolute atomic E-state index is 12.5. The highest BCUT2D eigenvalue weighted by atomic mass is 35.5. The Labute approximate surface area is 179 Å². The second-order valence-corrected chi connectivity index (χ2v) is 7.44. The van der Waals surface area contributed by atoms with Gasteiger partial charge in [0.15, 0.2) is 0 Å². The number of aromatic nitrogens is 1. The summed E-state index contributed by atoms with van der Waals surface area (Å²) in [4.78, 5) is 17.8. The third kappa shape index (κ3) is 5.12. The highest BCUT2D eigenvalue weighted by Crippen LogP contribution is 2.25. The van der Waals surface area contributed by atoms with E-state index in [-0.39, 0.29) is 18.3 Å². The van der Waals surface area contributed by atoms with Crippen molar-refractivity contribution >= 4 is 39.7 Å². The van der Waals surface area contributed by atoms with E-state index in [1.807, 2.05) is 18.2 Å². The highest BCUT2D eigenvalue weighted by molar-refractivity contribution is 7.19. The first kappa shape index (κ1) is 20.8. The van der Waals surface area contributed by atoms with Crippen molar-refractivity contribution in [1.29, 1.82) is 0 Å². The van der Waals surface area contributed by atoms with Gasteiger partial charge in [-0.25, -0.2) is 4.98 Å². The number of nitrogens with one attached hydrogen (secondary N) is 1. The highest BCUT2D eigenvalue weighted by Gasteiger charge is 2.09. The summed E-state index contributed by atoms with van der Waals surface area (Å²) in [6.07, 6.45) is 1.65. The number of halogens is 1. The van der Waals surface area contributed by atoms with E-state index >= 15 is 0 Å². The van der Waals surface area contributed by atoms with Gasteiger partial charge in [-0.3, -0.25) is 4.79 Å². The lowest BCUT2D eigenvalue weighted by atomic mass is 10.2. The summed E-state index contributed by atoms with van der Waals surface area (Å²) in [7, 11) is 0. The molecular formula is C22H20ClN3O2S. The molecule has 0 bridgehead atoms. The average Bonchev–Trinajstić information content (AvgIpc) is 3.15. The summed E-state index contributed by atoms with van der Waals surface area (Å²) in [6.45, 7) is 0.905. The van der Waals surface area contributed by atoms with Crippen molar-refractivity contribution in [3.8, 4) is 11.6 Å². The zero-order valence-corrected chi connectivity index (χ0v) is 17.1. The molecule has 0 saturated heterocycles. The standard InChI is InChI=1S/C22H19N3O2S.ClH/c23-13-15-8-9-24-21(10-15)27-18-6-3-5-17(11-18)22(26)25-14-19-12-16-4-1-2-7-20(16)28-19;/h1-12H,13-14,23H2,(H,25,26);1H. The number of thiophene rings is 1. The van der Waals surface area contributed by atoms with Crippen molar-refractivity contribution in [2.24, 2.45) is 5.73 Å². The zero-order chi connectivity index (χ0) is 19.3. The van der Waals surface area contributed by atoms with Gasteiger partial charge in [0.1, 0.15) is 5.75 Å². The Kier molecular flexibility index (Phi) is 6.82. The van der Waals surface area contributed by atoms with Crippen molar-refractivity contribution < 1.29 is 9.53 Å². The van der Waals surface area contributed by atoms with Crippen LogP contribution in [0.1, 0.15) is 20.8 Å². The van der Waals surface area contributed by atoms with Crippen LogP contribution in [0.15, 0.2) is 72.9 Å². The summed E-state index contributed by atoms with van der Waals surface area (Å²) in [5.74, 6) is 0.855. The van der Waals surface area contributed by atoms with Gasteiger partial charge in [0.25, 0.3) is 5.91 Å². The zero-order valence-electron chi connectivity index (χ0n) is 15.5. The second kappa shape index (κ2) is 9.52. The monoisotopic (exact) mass is 425 g/mol. The predicted octanol–water partition coefficient (Wildman–Crippen LogP) is 4.90. The Bertz CT molecular complexity index is 1100. The summed E-state index contributed by atoms with van der Waals surface area (Å²) < 4.78 is 6.99. The number of hydrogen-bond acceptors (Lipinski definition) is 5. The molecule has 2 aromatic heterocycles. The smallest absolute Gasteiger partial charge is 0.251 e. The fourth-order valence-corrected chi connectivity index (χ4v) is 3.85. The van der Waals surface area contributed by atoms with Gasteiger partial charge >= 0.3 is 0 Å². The van der Waals surface area contributed by atoms with Crippen LogP contribution in [0.3, 0.4) is 0 Å². The van der Waals surface area contributed by atoms with Gasteiger partial charge in [0.05, 0.1) is 6.54 Å². The molecule has 0 spiro atoms. The molecule has 3 N–H and O–H groups in total. The molecule has 7 heteroatoms. The van der Waals surface area contributed by atoms with Crippen LogP contribution in [-0.2, 0) is 13.1 Å². The van der Waals surface area contributed by atoms with Gasteiger partial charge in [-0.2, -0.15) is 0 Å². The number of rotatable bonds is 6. The van der Waals surface area contributed by atoms with E-state index in [9.17, 15) is 4.79 Å². The summed E-state index contributed by atoms with van der Waals surface area (Å²) in [5.41, 5.74) is 7.11. The molecule has 0 radical (unpaired) electrons. The van der Waals surface area contributed by atoms with Crippen molar-refractivity contribution in [1.82, 2.24) is 10.3 Å². The molecule has 0 aliphatic rings. The molecule has 4 rings (SSSR count). The predicted molar refractivity (Wildman–Crippen MR) is 119 cm³/mol. The molecule has 5 nitrogen and oxygen atoms in total. The Morgan fingerprint density at radius 2 is 1.93 bits per heavy atom. The van der Waals surface area contributed by atoms with Gasteiger partial charge in [-0.15, -0.1) is 23.7 Å². The van der Waals surface area contributed by atoms with E-state index in [0.29, 0.717) is 30.3 Å². The van der Waals surface area contributed by atoms with Crippen molar-refractivity contribution in [3.63, 3.8) is 0 Å². The first-order valence-corrected chi connectivity index (χ1v) is 9.71. The lowest BCUT2D eigenvalue weighted by Crippen LogP contribution is -2.22. The fourth-order valence-electron chi connectivity index (χ4n) is 2.85. The summed E-state index contributed by atoms with van der Waals surface area (Å²) in [6, 6.07) is 21.0. The van der Waals surface area contributed by atoms with Gasteiger partial charge in [0, 0.05) is 33.9 Å². The van der Waals surface area contributed by atoms with Gasteiger partial charge in [0.2, 0.25) is 5.88 Å². The first-order chi connectivity index (χ1) is 13.7. The van der Waals surface area contributed by atoms with Crippen LogP contribution in [0.4, 0.5) is 0 Å². The maximum Gasteiger partial charge on any atom is 0.251 e. The molecule has 2 heterocycles. The SMILES string of the molecule is Cl.NCc1ccnc(Oc2cccc(C(=O)NCc3cc4ccccc4s3)c2)c1. The Morgan fingerprint density at radius 3 is 2.76 bits per heavy atom. The number of nitrogens with two attached hydrogens (primary N) is 1. The van der Waals surface area contributed by atoms with E-state index in [1.165, 1.54) is 10.1 Å². The number of fused-ring (bicyclic) bond motifs is 1. The van der Waals surface area contributed by atoms with Crippen LogP contribution in [-0.4, -0.2) is 10.9 Å². The molecule has 29 heavy (non-hydrogen) atoms. The van der Waals surface area contributed by atoms with Crippen LogP contribution in [0, 0.1) is 0 Å². The van der Waals surface area contributed by atoms with Crippen LogP contribution < -0.4 is 15.8 Å². The van der Waals surface area contributed by atoms with E-state index < -0.39 is 0 Å².